The van der Waals surface area contributed by atoms with E-state index < -0.39 is 0 Å². The molecule has 1 fully saturated rings. The van der Waals surface area contributed by atoms with Crippen molar-refractivity contribution in [2.75, 3.05) is 9.80 Å². The largest absolute Gasteiger partial charge is 0.340 e. The Labute approximate surface area is 132 Å². The second-order valence-corrected chi connectivity index (χ2v) is 5.24. The Hall–Kier alpha value is -2.24. The van der Waals surface area contributed by atoms with E-state index >= 15 is 0 Å². The molecule has 104 valence electrons. The van der Waals surface area contributed by atoms with Crippen molar-refractivity contribution in [3.63, 3.8) is 0 Å². The maximum Gasteiger partial charge on any atom is 0.340 e. The van der Waals surface area contributed by atoms with Gasteiger partial charge in [-0.1, -0.05) is 42.0 Å². The van der Waals surface area contributed by atoms with E-state index in [1.54, 1.807) is 36.4 Å². The lowest BCUT2D eigenvalue weighted by atomic mass is 10.3. The number of anilines is 2. The van der Waals surface area contributed by atoms with Crippen LogP contribution in [0.1, 0.15) is 0 Å². The molecule has 2 aromatic rings. The summed E-state index contributed by atoms with van der Waals surface area (Å²) in [5.41, 5.74) is 1.21. The quantitative estimate of drug-likeness (QED) is 0.848. The van der Waals surface area contributed by atoms with Gasteiger partial charge in [0.2, 0.25) is 0 Å². The van der Waals surface area contributed by atoms with E-state index in [0.29, 0.717) is 16.4 Å². The van der Waals surface area contributed by atoms with E-state index in [1.807, 2.05) is 18.2 Å². The first-order valence-corrected chi connectivity index (χ1v) is 6.96. The van der Waals surface area contributed by atoms with Crippen LogP contribution >= 0.6 is 23.8 Å². The normalized spacial score (nSPS) is 15.0. The number of carbonyl (C=O) groups excluding carboxylic acids is 1. The summed E-state index contributed by atoms with van der Waals surface area (Å²) in [6, 6.07) is 15.4. The highest BCUT2D eigenvalue weighted by molar-refractivity contribution is 7.82. The van der Waals surface area contributed by atoms with Gasteiger partial charge < -0.3 is 0 Å². The van der Waals surface area contributed by atoms with Gasteiger partial charge in [-0.05, 0) is 36.4 Å². The Morgan fingerprint density at radius 3 is 2.10 bits per heavy atom. The van der Waals surface area contributed by atoms with Crippen molar-refractivity contribution < 1.29 is 4.79 Å². The maximum absolute atomic E-state index is 12.6. The minimum absolute atomic E-state index is 0.0128. The van der Waals surface area contributed by atoms with Crippen molar-refractivity contribution in [3.8, 4) is 0 Å². The van der Waals surface area contributed by atoms with Crippen LogP contribution in [0.4, 0.5) is 16.2 Å². The molecular formula is C15H10ClN3OS. The fourth-order valence-electron chi connectivity index (χ4n) is 2.12. The van der Waals surface area contributed by atoms with E-state index in [0.717, 1.165) is 0 Å². The Bertz CT molecular complexity index is 730. The van der Waals surface area contributed by atoms with Gasteiger partial charge >= 0.3 is 6.03 Å². The number of amidine groups is 1. The van der Waals surface area contributed by atoms with Crippen LogP contribution in [0.2, 0.25) is 5.02 Å². The molecule has 2 aromatic carbocycles. The van der Waals surface area contributed by atoms with Gasteiger partial charge in [0, 0.05) is 5.02 Å². The minimum Gasteiger partial charge on any atom is -0.281 e. The number of hydrogen-bond donors (Lipinski definition) is 1. The summed E-state index contributed by atoms with van der Waals surface area (Å²) < 4.78 is 0. The van der Waals surface area contributed by atoms with Crippen molar-refractivity contribution in [2.45, 2.75) is 0 Å². The molecule has 3 rings (SSSR count). The van der Waals surface area contributed by atoms with E-state index in [-0.39, 0.29) is 16.9 Å². The first kappa shape index (κ1) is 13.7. The molecule has 0 spiro atoms. The van der Waals surface area contributed by atoms with Crippen LogP contribution in [0, 0.1) is 5.41 Å². The lowest BCUT2D eigenvalue weighted by molar-refractivity contribution is 0.257. The molecular weight excluding hydrogens is 306 g/mol. The number of thiocarbonyl (C=S) groups is 1. The summed E-state index contributed by atoms with van der Waals surface area (Å²) >= 11 is 11.1. The van der Waals surface area contributed by atoms with E-state index in [1.165, 1.54) is 9.80 Å². The molecule has 0 bridgehead atoms. The zero-order valence-electron chi connectivity index (χ0n) is 10.8. The average Bonchev–Trinajstić information content (AvgIpc) is 2.72. The average molecular weight is 316 g/mol. The van der Waals surface area contributed by atoms with Crippen LogP contribution in [0.5, 0.6) is 0 Å². The molecule has 0 saturated carbocycles. The van der Waals surface area contributed by atoms with Crippen LogP contribution in [-0.2, 0) is 0 Å². The van der Waals surface area contributed by atoms with Gasteiger partial charge in [-0.15, -0.1) is 0 Å². The second kappa shape index (κ2) is 5.27. The molecule has 1 heterocycles. The van der Waals surface area contributed by atoms with Crippen LogP contribution in [0.15, 0.2) is 54.6 Å². The molecule has 0 aromatic heterocycles. The molecule has 1 saturated heterocycles. The Morgan fingerprint density at radius 2 is 1.48 bits per heavy atom. The Balaban J connectivity index is 2.02. The summed E-state index contributed by atoms with van der Waals surface area (Å²) in [7, 11) is 0. The summed E-state index contributed by atoms with van der Waals surface area (Å²) in [4.78, 5) is 15.4. The second-order valence-electron chi connectivity index (χ2n) is 4.42. The topological polar surface area (TPSA) is 47.4 Å². The van der Waals surface area contributed by atoms with Crippen molar-refractivity contribution >= 4 is 52.0 Å². The molecule has 0 aliphatic carbocycles. The monoisotopic (exact) mass is 315 g/mol. The smallest absolute Gasteiger partial charge is 0.281 e. The molecule has 0 unspecified atom stereocenters. The number of benzene rings is 2. The van der Waals surface area contributed by atoms with Crippen molar-refractivity contribution in [2.24, 2.45) is 0 Å². The molecule has 21 heavy (non-hydrogen) atoms. The number of amides is 2. The number of nitrogens with one attached hydrogen (secondary N) is 1. The summed E-state index contributed by atoms with van der Waals surface area (Å²) in [6.45, 7) is 0. The number of halogens is 1. The Morgan fingerprint density at radius 1 is 0.905 bits per heavy atom. The van der Waals surface area contributed by atoms with Crippen molar-refractivity contribution in [1.29, 1.82) is 5.41 Å². The minimum atomic E-state index is -0.362. The zero-order valence-corrected chi connectivity index (χ0v) is 12.4. The first-order chi connectivity index (χ1) is 10.1. The molecule has 4 nitrogen and oxygen atoms in total. The number of carbonyl (C=O) groups is 1. The molecule has 2 amide bonds. The van der Waals surface area contributed by atoms with Gasteiger partial charge in [0.1, 0.15) is 0 Å². The highest BCUT2D eigenvalue weighted by Gasteiger charge is 2.40. The lowest BCUT2D eigenvalue weighted by Crippen LogP contribution is -2.33. The molecule has 6 heteroatoms. The number of nitrogens with zero attached hydrogens (tertiary/aromatic N) is 2. The third-order valence-corrected chi connectivity index (χ3v) is 3.74. The number of rotatable bonds is 2. The SMILES string of the molecule is N=C1C(=S)N(c2ccccc2)C(=O)N1c1ccc(Cl)cc1. The standard InChI is InChI=1S/C15H10ClN3OS/c16-10-6-8-12(9-7-10)18-13(17)14(21)19(15(18)20)11-4-2-1-3-5-11/h1-9,17H. The summed E-state index contributed by atoms with van der Waals surface area (Å²) in [5, 5.41) is 8.67. The number of urea groups is 1. The molecule has 0 radical (unpaired) electrons. The van der Waals surface area contributed by atoms with Crippen molar-refractivity contribution in [1.82, 2.24) is 0 Å². The van der Waals surface area contributed by atoms with Gasteiger partial charge in [0.25, 0.3) is 0 Å². The van der Waals surface area contributed by atoms with Gasteiger partial charge in [-0.3, -0.25) is 5.41 Å². The summed E-state index contributed by atoms with van der Waals surface area (Å²) in [6.07, 6.45) is 0. The molecule has 1 aliphatic heterocycles. The van der Waals surface area contributed by atoms with Gasteiger partial charge in [-0.25, -0.2) is 14.6 Å². The third kappa shape index (κ3) is 2.30. The fourth-order valence-corrected chi connectivity index (χ4v) is 2.52. The lowest BCUT2D eigenvalue weighted by Gasteiger charge is -2.17. The highest BCUT2D eigenvalue weighted by Crippen LogP contribution is 2.28. The summed E-state index contributed by atoms with van der Waals surface area (Å²) in [5.74, 6) is -0.0128. The van der Waals surface area contributed by atoms with Gasteiger partial charge in [0.05, 0.1) is 11.4 Å². The van der Waals surface area contributed by atoms with Crippen LogP contribution in [0.25, 0.3) is 0 Å². The van der Waals surface area contributed by atoms with E-state index in [2.05, 4.69) is 0 Å². The Kier molecular flexibility index (Phi) is 3.45. The molecule has 0 atom stereocenters. The van der Waals surface area contributed by atoms with Crippen LogP contribution < -0.4 is 9.80 Å². The number of para-hydroxylation sites is 1. The first-order valence-electron chi connectivity index (χ1n) is 6.17. The molecule has 1 aliphatic rings. The van der Waals surface area contributed by atoms with Crippen molar-refractivity contribution in [3.05, 3.63) is 59.6 Å². The van der Waals surface area contributed by atoms with E-state index in [9.17, 15) is 4.79 Å². The number of hydrogen-bond acceptors (Lipinski definition) is 3. The predicted octanol–water partition coefficient (Wildman–Crippen LogP) is 4.09. The molecule has 1 N–H and O–H groups in total. The highest BCUT2D eigenvalue weighted by atomic mass is 35.5. The van der Waals surface area contributed by atoms with E-state index in [4.69, 9.17) is 29.2 Å². The zero-order chi connectivity index (χ0) is 15.0. The predicted molar refractivity (Wildman–Crippen MR) is 88.6 cm³/mol. The van der Waals surface area contributed by atoms with Gasteiger partial charge in [0.15, 0.2) is 10.8 Å². The maximum atomic E-state index is 12.6. The fraction of sp³-hybridized carbons (Fsp3) is 0. The van der Waals surface area contributed by atoms with Gasteiger partial charge in [-0.2, -0.15) is 0 Å². The van der Waals surface area contributed by atoms with Crippen LogP contribution in [-0.4, -0.2) is 16.9 Å². The third-order valence-electron chi connectivity index (χ3n) is 3.11. The van der Waals surface area contributed by atoms with Crippen LogP contribution in [0.3, 0.4) is 0 Å².